The molecule has 3 atom stereocenters. The molecule has 7 heteroatoms. The normalized spacial score (nSPS) is 26.8. The van der Waals surface area contributed by atoms with Gasteiger partial charge in [0, 0.05) is 19.3 Å². The Kier molecular flexibility index (Phi) is 3.70. The average molecular weight is 311 g/mol. The first kappa shape index (κ1) is 14.2. The van der Waals surface area contributed by atoms with Gasteiger partial charge in [0.25, 0.3) is 5.91 Å². The van der Waals surface area contributed by atoms with Gasteiger partial charge in [0.15, 0.2) is 0 Å². The molecule has 0 bridgehead atoms. The molecule has 118 valence electrons. The van der Waals surface area contributed by atoms with Crippen LogP contribution in [0.1, 0.15) is 35.0 Å². The summed E-state index contributed by atoms with van der Waals surface area (Å²) in [6, 6.07) is 3.59. The smallest absolute Gasteiger partial charge is 0.255 e. The van der Waals surface area contributed by atoms with E-state index in [0.29, 0.717) is 18.0 Å². The predicted molar refractivity (Wildman–Crippen MR) is 80.3 cm³/mol. The average Bonchev–Trinajstić information content (AvgIpc) is 3.06. The summed E-state index contributed by atoms with van der Waals surface area (Å²) in [4.78, 5) is 22.6. The molecule has 2 fully saturated rings. The van der Waals surface area contributed by atoms with Gasteiger partial charge in [-0.3, -0.25) is 4.79 Å². The minimum absolute atomic E-state index is 0.00523. The van der Waals surface area contributed by atoms with Crippen LogP contribution in [0.15, 0.2) is 37.1 Å². The Balaban J connectivity index is 1.45. The Morgan fingerprint density at radius 2 is 2.22 bits per heavy atom. The number of nitrogens with zero attached hydrogens (tertiary/aromatic N) is 5. The van der Waals surface area contributed by atoms with E-state index in [4.69, 9.17) is 4.74 Å². The lowest BCUT2D eigenvalue weighted by Gasteiger charge is -2.34. The molecule has 0 unspecified atom stereocenters. The van der Waals surface area contributed by atoms with Gasteiger partial charge in [-0.05, 0) is 30.9 Å². The number of carbonyl (C=O) groups is 1. The van der Waals surface area contributed by atoms with Gasteiger partial charge < -0.3 is 9.64 Å². The molecule has 2 aromatic rings. The Labute approximate surface area is 133 Å². The summed E-state index contributed by atoms with van der Waals surface area (Å²) in [6.07, 6.45) is 8.32. The highest BCUT2D eigenvalue weighted by molar-refractivity contribution is 5.93. The third kappa shape index (κ3) is 2.79. The highest BCUT2D eigenvalue weighted by Gasteiger charge is 2.41. The van der Waals surface area contributed by atoms with Crippen molar-refractivity contribution in [2.45, 2.75) is 25.0 Å². The molecule has 23 heavy (non-hydrogen) atoms. The molecule has 0 N–H and O–H groups in total. The van der Waals surface area contributed by atoms with Crippen LogP contribution in [0.4, 0.5) is 0 Å². The van der Waals surface area contributed by atoms with Crippen molar-refractivity contribution >= 4 is 5.91 Å². The van der Waals surface area contributed by atoms with Crippen molar-refractivity contribution in [3.63, 3.8) is 0 Å². The molecule has 0 aromatic carbocycles. The number of hydrogen-bond donors (Lipinski definition) is 0. The zero-order valence-electron chi connectivity index (χ0n) is 12.6. The van der Waals surface area contributed by atoms with Gasteiger partial charge in [-0.15, -0.1) is 0 Å². The van der Waals surface area contributed by atoms with E-state index in [-0.39, 0.29) is 18.1 Å². The van der Waals surface area contributed by atoms with Crippen LogP contribution in [0.3, 0.4) is 0 Å². The highest BCUT2D eigenvalue weighted by atomic mass is 16.5. The molecule has 0 radical (unpaired) electrons. The number of likely N-dealkylation sites (tertiary alicyclic amines) is 1. The Bertz CT molecular complexity index is 681. The third-order valence-electron chi connectivity index (χ3n) is 4.60. The minimum Gasteiger partial charge on any atom is -0.367 e. The fourth-order valence-electron chi connectivity index (χ4n) is 3.40. The van der Waals surface area contributed by atoms with E-state index >= 15 is 0 Å². The predicted octanol–water partition coefficient (Wildman–Crippen LogP) is 1.26. The van der Waals surface area contributed by atoms with E-state index in [1.807, 2.05) is 11.0 Å². The van der Waals surface area contributed by atoms with Gasteiger partial charge in [-0.2, -0.15) is 10.2 Å². The van der Waals surface area contributed by atoms with Crippen LogP contribution < -0.4 is 0 Å². The quantitative estimate of drug-likeness (QED) is 0.830. The van der Waals surface area contributed by atoms with E-state index in [2.05, 4.69) is 20.2 Å². The molecule has 0 saturated carbocycles. The van der Waals surface area contributed by atoms with E-state index in [1.54, 1.807) is 18.6 Å². The number of aromatic nitrogens is 4. The zero-order valence-corrected chi connectivity index (χ0v) is 12.6. The standard InChI is InChI=1S/C16H17N5O2/c22-16(12-1-5-19-20-8-12)21-6-3-11-7-14(23-15(11)9-21)13-2-4-17-10-18-13/h1-2,4-5,8,10-11,14-15H,3,6-7,9H2/t11-,14+,15+/m1/s1. The van der Waals surface area contributed by atoms with Crippen molar-refractivity contribution in [2.75, 3.05) is 13.1 Å². The van der Waals surface area contributed by atoms with Crippen molar-refractivity contribution in [1.29, 1.82) is 0 Å². The number of piperidine rings is 1. The second-order valence-electron chi connectivity index (χ2n) is 5.96. The van der Waals surface area contributed by atoms with Gasteiger partial charge in [-0.25, -0.2) is 9.97 Å². The van der Waals surface area contributed by atoms with Gasteiger partial charge in [-0.1, -0.05) is 0 Å². The summed E-state index contributed by atoms with van der Waals surface area (Å²) in [7, 11) is 0. The summed E-state index contributed by atoms with van der Waals surface area (Å²) >= 11 is 0. The lowest BCUT2D eigenvalue weighted by Crippen LogP contribution is -2.45. The number of carbonyl (C=O) groups excluding carboxylic acids is 1. The molecule has 0 aliphatic carbocycles. The first-order chi connectivity index (χ1) is 11.3. The van der Waals surface area contributed by atoms with Crippen LogP contribution in [0.25, 0.3) is 0 Å². The van der Waals surface area contributed by atoms with Crippen LogP contribution in [0, 0.1) is 5.92 Å². The molecular weight excluding hydrogens is 294 g/mol. The summed E-state index contributed by atoms with van der Waals surface area (Å²) in [6.45, 7) is 1.37. The molecule has 2 saturated heterocycles. The van der Waals surface area contributed by atoms with Crippen LogP contribution in [0.2, 0.25) is 0 Å². The van der Waals surface area contributed by atoms with Gasteiger partial charge >= 0.3 is 0 Å². The molecule has 4 rings (SSSR count). The van der Waals surface area contributed by atoms with Crippen molar-refractivity contribution in [1.82, 2.24) is 25.1 Å². The van der Waals surface area contributed by atoms with Crippen LogP contribution >= 0.6 is 0 Å². The summed E-state index contributed by atoms with van der Waals surface area (Å²) in [5.74, 6) is 0.474. The van der Waals surface area contributed by atoms with Crippen molar-refractivity contribution in [3.8, 4) is 0 Å². The monoisotopic (exact) mass is 311 g/mol. The fraction of sp³-hybridized carbons (Fsp3) is 0.438. The highest BCUT2D eigenvalue weighted by Crippen LogP contribution is 2.40. The van der Waals surface area contributed by atoms with E-state index in [1.165, 1.54) is 12.4 Å². The van der Waals surface area contributed by atoms with E-state index in [9.17, 15) is 4.79 Å². The molecule has 4 heterocycles. The first-order valence-electron chi connectivity index (χ1n) is 7.78. The number of amides is 1. The molecule has 1 amide bonds. The maximum atomic E-state index is 12.5. The first-order valence-corrected chi connectivity index (χ1v) is 7.78. The van der Waals surface area contributed by atoms with Crippen LogP contribution in [-0.2, 0) is 4.74 Å². The second kappa shape index (κ2) is 6.00. The Hall–Kier alpha value is -2.41. The maximum Gasteiger partial charge on any atom is 0.255 e. The van der Waals surface area contributed by atoms with E-state index < -0.39 is 0 Å². The molecular formula is C16H17N5O2. The number of fused-ring (bicyclic) bond motifs is 1. The Morgan fingerprint density at radius 1 is 1.26 bits per heavy atom. The third-order valence-corrected chi connectivity index (χ3v) is 4.60. The molecule has 2 aliphatic rings. The van der Waals surface area contributed by atoms with Crippen molar-refractivity contribution in [3.05, 3.63) is 48.3 Å². The number of hydrogen-bond acceptors (Lipinski definition) is 6. The number of rotatable bonds is 2. The molecule has 0 spiro atoms. The largest absolute Gasteiger partial charge is 0.367 e. The lowest BCUT2D eigenvalue weighted by atomic mass is 9.91. The minimum atomic E-state index is -0.00700. The molecule has 2 aliphatic heterocycles. The zero-order chi connectivity index (χ0) is 15.6. The second-order valence-corrected chi connectivity index (χ2v) is 5.96. The summed E-state index contributed by atoms with van der Waals surface area (Å²) < 4.78 is 6.16. The van der Waals surface area contributed by atoms with E-state index in [0.717, 1.165) is 25.1 Å². The maximum absolute atomic E-state index is 12.5. The van der Waals surface area contributed by atoms with Gasteiger partial charge in [0.2, 0.25) is 0 Å². The van der Waals surface area contributed by atoms with Gasteiger partial charge in [0.05, 0.1) is 29.8 Å². The molecule has 2 aromatic heterocycles. The van der Waals surface area contributed by atoms with Crippen LogP contribution in [-0.4, -0.2) is 50.2 Å². The molecule has 7 nitrogen and oxygen atoms in total. The summed E-state index contributed by atoms with van der Waals surface area (Å²) in [5.41, 5.74) is 1.49. The van der Waals surface area contributed by atoms with Gasteiger partial charge in [0.1, 0.15) is 12.4 Å². The topological polar surface area (TPSA) is 81.1 Å². The number of ether oxygens (including phenoxy) is 1. The SMILES string of the molecule is O=C(c1ccnnc1)N1CC[C@@H]2C[C@@H](c3ccncn3)O[C@H]2C1. The van der Waals surface area contributed by atoms with Crippen molar-refractivity contribution < 1.29 is 9.53 Å². The Morgan fingerprint density at radius 3 is 3.00 bits per heavy atom. The fourth-order valence-corrected chi connectivity index (χ4v) is 3.40. The van der Waals surface area contributed by atoms with Crippen molar-refractivity contribution in [2.24, 2.45) is 5.92 Å². The lowest BCUT2D eigenvalue weighted by molar-refractivity contribution is -0.00566. The summed E-state index contributed by atoms with van der Waals surface area (Å²) in [5, 5.41) is 7.49. The van der Waals surface area contributed by atoms with Crippen LogP contribution in [0.5, 0.6) is 0 Å².